The molecule has 0 bridgehead atoms. The normalized spacial score (nSPS) is 17.3. The van der Waals surface area contributed by atoms with Crippen molar-refractivity contribution in [2.24, 2.45) is 0 Å². The van der Waals surface area contributed by atoms with Gasteiger partial charge in [-0.3, -0.25) is 9.78 Å². The highest BCUT2D eigenvalue weighted by atomic mass is 32.2. The van der Waals surface area contributed by atoms with Gasteiger partial charge >= 0.3 is 0 Å². The number of hydrogen-bond acceptors (Lipinski definition) is 7. The number of aryl methyl sites for hydroxylation is 2. The van der Waals surface area contributed by atoms with Crippen LogP contribution in [0.2, 0.25) is 0 Å². The first-order valence-corrected chi connectivity index (χ1v) is 20.5. The molecule has 2 atom stereocenters. The Balaban J connectivity index is 1.18. The number of carbonyl (C=O) groups excluding carboxylic acids is 1. The van der Waals surface area contributed by atoms with Crippen molar-refractivity contribution in [3.8, 4) is 16.9 Å². The van der Waals surface area contributed by atoms with Crippen molar-refractivity contribution in [2.45, 2.75) is 82.5 Å². The number of anilines is 2. The maximum atomic E-state index is 13.8. The highest BCUT2D eigenvalue weighted by Gasteiger charge is 2.24. The standard InChI is InChI=1S/C44H53N3O5S/c1-4-6-24-50-26-27-52-39-16-11-34(12-17-39)35-13-20-43-37(28-35)29-36(9-7-23-47(43)30-40-10-8-25-51-40)44(48)46-38-14-18-41(19-15-38)53(49)31-42-32(3)45-22-21-33(42)5-2/h11-22,28-29,40H,4-10,23-27,30-31H2,1-3H3,(H,46,48)/b36-29+/t40-,53-/m0/s1. The third-order valence-electron chi connectivity index (χ3n) is 10.0. The van der Waals surface area contributed by atoms with Crippen molar-refractivity contribution in [1.29, 1.82) is 0 Å². The van der Waals surface area contributed by atoms with E-state index in [4.69, 9.17) is 14.2 Å². The van der Waals surface area contributed by atoms with E-state index in [1.807, 2.05) is 55.6 Å². The number of ether oxygens (including phenoxy) is 3. The minimum atomic E-state index is -1.23. The predicted molar refractivity (Wildman–Crippen MR) is 215 cm³/mol. The maximum Gasteiger partial charge on any atom is 0.251 e. The lowest BCUT2D eigenvalue weighted by Crippen LogP contribution is -2.34. The molecule has 6 rings (SSSR count). The Hall–Kier alpha value is -4.15. The van der Waals surface area contributed by atoms with Crippen molar-refractivity contribution in [2.75, 3.05) is 49.7 Å². The molecule has 1 fully saturated rings. The van der Waals surface area contributed by atoms with Gasteiger partial charge < -0.3 is 29.0 Å². The van der Waals surface area contributed by atoms with Crippen molar-refractivity contribution < 1.29 is 23.6 Å². The third-order valence-corrected chi connectivity index (χ3v) is 11.4. The molecule has 280 valence electrons. The zero-order valence-electron chi connectivity index (χ0n) is 31.4. The Labute approximate surface area is 318 Å². The third kappa shape index (κ3) is 10.5. The molecule has 3 heterocycles. The van der Waals surface area contributed by atoms with Crippen LogP contribution < -0.4 is 15.0 Å². The van der Waals surface area contributed by atoms with E-state index in [-0.39, 0.29) is 12.0 Å². The monoisotopic (exact) mass is 735 g/mol. The number of fused-ring (bicyclic) bond motifs is 1. The van der Waals surface area contributed by atoms with Gasteiger partial charge in [-0.1, -0.05) is 38.5 Å². The number of rotatable bonds is 16. The minimum absolute atomic E-state index is 0.124. The number of unbranched alkanes of at least 4 members (excludes halogenated alkanes) is 1. The van der Waals surface area contributed by atoms with Gasteiger partial charge in [0, 0.05) is 60.7 Å². The Morgan fingerprint density at radius 3 is 2.57 bits per heavy atom. The molecule has 0 aliphatic carbocycles. The second-order valence-corrected chi connectivity index (χ2v) is 15.3. The molecule has 2 aliphatic heterocycles. The van der Waals surface area contributed by atoms with Crippen LogP contribution in [0.3, 0.4) is 0 Å². The highest BCUT2D eigenvalue weighted by Crippen LogP contribution is 2.34. The van der Waals surface area contributed by atoms with Crippen molar-refractivity contribution in [1.82, 2.24) is 4.98 Å². The van der Waals surface area contributed by atoms with Crippen molar-refractivity contribution >= 4 is 34.5 Å². The molecule has 1 aromatic heterocycles. The first-order valence-electron chi connectivity index (χ1n) is 19.2. The molecule has 9 heteroatoms. The average Bonchev–Trinajstić information content (AvgIpc) is 3.69. The van der Waals surface area contributed by atoms with Crippen LogP contribution in [0, 0.1) is 6.92 Å². The van der Waals surface area contributed by atoms with Gasteiger partial charge in [0.2, 0.25) is 0 Å². The predicted octanol–water partition coefficient (Wildman–Crippen LogP) is 8.92. The second-order valence-electron chi connectivity index (χ2n) is 13.8. The van der Waals surface area contributed by atoms with Crippen LogP contribution >= 0.6 is 0 Å². The van der Waals surface area contributed by atoms with E-state index < -0.39 is 11.2 Å². The van der Waals surface area contributed by atoms with Crippen molar-refractivity contribution in [3.63, 3.8) is 0 Å². The molecule has 0 radical (unpaired) electrons. The van der Waals surface area contributed by atoms with E-state index >= 15 is 0 Å². The largest absolute Gasteiger partial charge is 0.611 e. The smallest absolute Gasteiger partial charge is 0.251 e. The summed E-state index contributed by atoms with van der Waals surface area (Å²) in [6, 6.07) is 24.1. The summed E-state index contributed by atoms with van der Waals surface area (Å²) in [6.07, 6.45) is 10.8. The summed E-state index contributed by atoms with van der Waals surface area (Å²) in [5.41, 5.74) is 8.82. The van der Waals surface area contributed by atoms with E-state index in [0.29, 0.717) is 31.1 Å². The molecule has 2 aliphatic rings. The van der Waals surface area contributed by atoms with Crippen LogP contribution in [0.15, 0.2) is 89.5 Å². The molecule has 53 heavy (non-hydrogen) atoms. The Kier molecular flexibility index (Phi) is 14.0. The van der Waals surface area contributed by atoms with Crippen LogP contribution in [0.4, 0.5) is 11.4 Å². The lowest BCUT2D eigenvalue weighted by atomic mass is 9.96. The van der Waals surface area contributed by atoms with E-state index in [1.54, 1.807) is 0 Å². The Morgan fingerprint density at radius 2 is 1.81 bits per heavy atom. The van der Waals surface area contributed by atoms with E-state index in [2.05, 4.69) is 65.5 Å². The molecule has 3 aromatic carbocycles. The zero-order chi connectivity index (χ0) is 37.0. The second kappa shape index (κ2) is 19.3. The fourth-order valence-electron chi connectivity index (χ4n) is 6.99. The number of benzene rings is 3. The molecule has 0 unspecified atom stereocenters. The number of amides is 1. The number of nitrogens with one attached hydrogen (secondary N) is 1. The highest BCUT2D eigenvalue weighted by molar-refractivity contribution is 7.90. The van der Waals surface area contributed by atoms with Crippen LogP contribution in [0.25, 0.3) is 17.2 Å². The summed E-state index contributed by atoms with van der Waals surface area (Å²) in [6.45, 7) is 10.6. The molecule has 1 amide bonds. The van der Waals surface area contributed by atoms with Gasteiger partial charge in [-0.15, -0.1) is 0 Å². The number of hydrogen-bond donors (Lipinski definition) is 1. The van der Waals surface area contributed by atoms with E-state index in [0.717, 1.165) is 115 Å². The van der Waals surface area contributed by atoms with Gasteiger partial charge in [0.1, 0.15) is 18.1 Å². The van der Waals surface area contributed by atoms with Gasteiger partial charge in [-0.2, -0.15) is 0 Å². The summed E-state index contributed by atoms with van der Waals surface area (Å²) in [4.78, 5) is 21.4. The summed E-state index contributed by atoms with van der Waals surface area (Å²) >= 11 is -1.23. The fourth-order valence-corrected chi connectivity index (χ4v) is 8.25. The van der Waals surface area contributed by atoms with Crippen LogP contribution in [0.5, 0.6) is 5.75 Å². The van der Waals surface area contributed by atoms with Gasteiger partial charge in [-0.05, 0) is 140 Å². The molecule has 0 saturated carbocycles. The maximum absolute atomic E-state index is 13.8. The first-order chi connectivity index (χ1) is 25.9. The van der Waals surface area contributed by atoms with Gasteiger partial charge in [-0.25, -0.2) is 0 Å². The quantitative estimate of drug-likeness (QED) is 0.0907. The summed E-state index contributed by atoms with van der Waals surface area (Å²) in [5.74, 6) is 1.11. The fraction of sp³-hybridized carbons (Fsp3) is 0.409. The van der Waals surface area contributed by atoms with Gasteiger partial charge in [0.05, 0.1) is 12.7 Å². The topological polar surface area (TPSA) is 96.0 Å². The van der Waals surface area contributed by atoms with Crippen LogP contribution in [0.1, 0.15) is 74.8 Å². The molecule has 0 spiro atoms. The average molecular weight is 736 g/mol. The van der Waals surface area contributed by atoms with Crippen LogP contribution in [-0.4, -0.2) is 61.1 Å². The molecule has 1 N–H and O–H groups in total. The number of nitrogens with zero attached hydrogens (tertiary/aromatic N) is 2. The SMILES string of the molecule is CCCCOCCOc1ccc(-c2ccc3c(c2)/C=C(/C(=O)Nc2ccc([S@@+]([O-])Cc4c(CC)ccnc4C)cc2)CCCN3C[C@@H]2CCCO2)cc1. The lowest BCUT2D eigenvalue weighted by molar-refractivity contribution is -0.112. The van der Waals surface area contributed by atoms with E-state index in [1.165, 1.54) is 5.56 Å². The Morgan fingerprint density at radius 1 is 1.00 bits per heavy atom. The molecule has 1 saturated heterocycles. The lowest BCUT2D eigenvalue weighted by Gasteiger charge is -2.31. The Bertz CT molecular complexity index is 1820. The van der Waals surface area contributed by atoms with Crippen LogP contribution in [-0.2, 0) is 37.6 Å². The van der Waals surface area contributed by atoms with Gasteiger partial charge in [0.15, 0.2) is 4.90 Å². The van der Waals surface area contributed by atoms with Crippen molar-refractivity contribution in [3.05, 3.63) is 107 Å². The van der Waals surface area contributed by atoms with E-state index in [9.17, 15) is 9.35 Å². The minimum Gasteiger partial charge on any atom is -0.611 e. The number of pyridine rings is 1. The molecular formula is C44H53N3O5S. The summed E-state index contributed by atoms with van der Waals surface area (Å²) in [7, 11) is 0. The zero-order valence-corrected chi connectivity index (χ0v) is 32.2. The van der Waals surface area contributed by atoms with Gasteiger partial charge in [0.25, 0.3) is 5.91 Å². The molecule has 8 nitrogen and oxygen atoms in total. The molecule has 4 aromatic rings. The molecular weight excluding hydrogens is 683 g/mol. The first kappa shape index (κ1) is 38.6. The summed E-state index contributed by atoms with van der Waals surface area (Å²) < 4.78 is 30.9. The summed E-state index contributed by atoms with van der Waals surface area (Å²) in [5, 5.41) is 3.11. The number of carbonyl (C=O) groups is 1. The number of aromatic nitrogens is 1.